The van der Waals surface area contributed by atoms with Crippen LogP contribution < -0.4 is 4.74 Å². The fraction of sp³-hybridized carbons (Fsp3) is 0.619. The molecule has 126 valence electrons. The van der Waals surface area contributed by atoms with Crippen LogP contribution in [0, 0.1) is 5.92 Å². The van der Waals surface area contributed by atoms with Crippen LogP contribution in [0.4, 0.5) is 0 Å². The van der Waals surface area contributed by atoms with Crippen molar-refractivity contribution in [2.24, 2.45) is 5.92 Å². The summed E-state index contributed by atoms with van der Waals surface area (Å²) in [6.45, 7) is -2.07. The molecular weight excluding hydrogens is 284 g/mol. The van der Waals surface area contributed by atoms with Crippen LogP contribution in [0.1, 0.15) is 87.7 Å². The molecule has 1 N–H and O–H groups in total. The quantitative estimate of drug-likeness (QED) is 0.566. The van der Waals surface area contributed by atoms with Crippen LogP contribution in [0.5, 0.6) is 11.5 Å². The fourth-order valence-electron chi connectivity index (χ4n) is 3.67. The Hall–Kier alpha value is -1.44. The molecule has 0 fully saturated rings. The van der Waals surface area contributed by atoms with Gasteiger partial charge in [-0.1, -0.05) is 31.4 Å². The van der Waals surface area contributed by atoms with Gasteiger partial charge in [0.25, 0.3) is 0 Å². The number of hydrogen-bond acceptors (Lipinski definition) is 2. The third-order valence-corrected chi connectivity index (χ3v) is 4.93. The molecule has 0 saturated carbocycles. The van der Waals surface area contributed by atoms with Crippen molar-refractivity contribution < 1.29 is 20.8 Å². The fourth-order valence-corrected chi connectivity index (χ4v) is 3.67. The number of unbranched alkanes of at least 4 members (excludes halogenated alkanes) is 2. The molecule has 2 aliphatic rings. The number of hydrogen-bond donors (Lipinski definition) is 1. The zero-order valence-corrected chi connectivity index (χ0v) is 13.8. The van der Waals surface area contributed by atoms with Crippen molar-refractivity contribution in [2.75, 3.05) is 0 Å². The Morgan fingerprint density at radius 1 is 1.39 bits per heavy atom. The van der Waals surface area contributed by atoms with E-state index in [1.54, 1.807) is 6.08 Å². The van der Waals surface area contributed by atoms with Crippen LogP contribution in [0.25, 0.3) is 0 Å². The van der Waals surface area contributed by atoms with Gasteiger partial charge in [0.15, 0.2) is 0 Å². The summed E-state index contributed by atoms with van der Waals surface area (Å²) < 4.78 is 72.0. The second kappa shape index (κ2) is 6.22. The molecule has 0 unspecified atom stereocenters. The van der Waals surface area contributed by atoms with Crippen LogP contribution in [0.3, 0.4) is 0 Å². The highest BCUT2D eigenvalue weighted by molar-refractivity contribution is 5.53. The van der Waals surface area contributed by atoms with Gasteiger partial charge in [-0.05, 0) is 64.0 Å². The number of fused-ring (bicyclic) bond motifs is 3. The summed E-state index contributed by atoms with van der Waals surface area (Å²) in [6.07, 6.45) is 5.42. The molecule has 1 aromatic rings. The van der Waals surface area contributed by atoms with E-state index >= 15 is 0 Å². The van der Waals surface area contributed by atoms with Crippen LogP contribution in [-0.2, 0) is 6.42 Å². The molecule has 2 nitrogen and oxygen atoms in total. The first-order chi connectivity index (χ1) is 14.3. The van der Waals surface area contributed by atoms with Gasteiger partial charge in [0.05, 0.1) is 2.74 Å². The average Bonchev–Trinajstić information content (AvgIpc) is 2.65. The summed E-state index contributed by atoms with van der Waals surface area (Å²) in [4.78, 5) is 0. The highest BCUT2D eigenvalue weighted by Crippen LogP contribution is 2.53. The minimum absolute atomic E-state index is 0.158. The predicted molar refractivity (Wildman–Crippen MR) is 95.3 cm³/mol. The van der Waals surface area contributed by atoms with E-state index in [2.05, 4.69) is 0 Å². The maximum absolute atomic E-state index is 10.9. The monoisotopic (exact) mass is 322 g/mol. The normalized spacial score (nSPS) is 31.3. The van der Waals surface area contributed by atoms with E-state index < -0.39 is 31.1 Å². The van der Waals surface area contributed by atoms with E-state index in [9.17, 15) is 5.11 Å². The third kappa shape index (κ3) is 3.13. The molecule has 0 saturated heterocycles. The summed E-state index contributed by atoms with van der Waals surface area (Å²) in [7, 11) is 0. The lowest BCUT2D eigenvalue weighted by molar-refractivity contribution is 0.0107. The molecule has 1 aliphatic carbocycles. The number of rotatable bonds is 4. The number of aromatic hydroxyl groups is 1. The standard InChI is InChI=1S/C21H30O2/c1-5-6-7-8-15-12-18(22)20-16-11-14(2)9-10-17(16)21(3,4)23-19(20)13-15/h11-13,16-17,22H,5-10H2,1-4H3/t16-,17-/m1/s1/i3D3,4D3,12D,13D. The molecule has 2 atom stereocenters. The van der Waals surface area contributed by atoms with E-state index in [1.165, 1.54) is 0 Å². The zero-order valence-electron chi connectivity index (χ0n) is 21.8. The molecule has 2 heteroatoms. The highest BCUT2D eigenvalue weighted by atomic mass is 16.5. The van der Waals surface area contributed by atoms with Crippen LogP contribution in [-0.4, -0.2) is 10.7 Å². The molecule has 0 radical (unpaired) electrons. The molecule has 3 rings (SSSR count). The number of allylic oxidation sites excluding steroid dienone is 2. The van der Waals surface area contributed by atoms with E-state index in [0.717, 1.165) is 18.4 Å². The van der Waals surface area contributed by atoms with Crippen LogP contribution in [0.2, 0.25) is 0 Å². The summed E-state index contributed by atoms with van der Waals surface area (Å²) in [6, 6.07) is -0.351. The van der Waals surface area contributed by atoms with Gasteiger partial charge < -0.3 is 9.84 Å². The van der Waals surface area contributed by atoms with Crippen molar-refractivity contribution in [3.05, 3.63) is 34.9 Å². The van der Waals surface area contributed by atoms with Gasteiger partial charge in [-0.3, -0.25) is 0 Å². The largest absolute Gasteiger partial charge is 0.507 e. The Balaban J connectivity index is 2.33. The molecular formula is C21H30O2. The van der Waals surface area contributed by atoms with E-state index in [-0.39, 0.29) is 41.1 Å². The lowest BCUT2D eigenvalue weighted by Crippen LogP contribution is -2.45. The lowest BCUT2D eigenvalue weighted by atomic mass is 9.68. The smallest absolute Gasteiger partial charge is 0.127 e. The van der Waals surface area contributed by atoms with Gasteiger partial charge in [0.1, 0.15) is 17.1 Å². The average molecular weight is 323 g/mol. The molecule has 0 amide bonds. The van der Waals surface area contributed by atoms with E-state index in [1.807, 2.05) is 13.8 Å². The van der Waals surface area contributed by atoms with E-state index in [0.29, 0.717) is 19.3 Å². The maximum atomic E-state index is 10.9. The Labute approximate surface area is 151 Å². The van der Waals surface area contributed by atoms with Gasteiger partial charge in [-0.25, -0.2) is 0 Å². The first-order valence-electron chi connectivity index (χ1n) is 12.5. The van der Waals surface area contributed by atoms with Crippen molar-refractivity contribution in [3.8, 4) is 11.5 Å². The summed E-state index contributed by atoms with van der Waals surface area (Å²) in [5.74, 6) is -2.25. The first kappa shape index (κ1) is 9.15. The molecule has 1 aliphatic heterocycles. The first-order valence-corrected chi connectivity index (χ1v) is 8.49. The number of ether oxygens (including phenoxy) is 1. The van der Waals surface area contributed by atoms with Crippen LogP contribution >= 0.6 is 0 Å². The van der Waals surface area contributed by atoms with Crippen molar-refractivity contribution in [1.29, 1.82) is 0 Å². The van der Waals surface area contributed by atoms with Gasteiger partial charge in [0, 0.05) is 25.6 Å². The summed E-state index contributed by atoms with van der Waals surface area (Å²) in [5.41, 5.74) is -1.13. The van der Waals surface area contributed by atoms with Crippen LogP contribution in [0.15, 0.2) is 23.7 Å². The van der Waals surface area contributed by atoms with Gasteiger partial charge in [0.2, 0.25) is 0 Å². The summed E-state index contributed by atoms with van der Waals surface area (Å²) in [5, 5.41) is 10.9. The minimum Gasteiger partial charge on any atom is -0.507 e. The molecule has 0 spiro atoms. The zero-order chi connectivity index (χ0) is 23.4. The Kier molecular flexibility index (Phi) is 2.47. The second-order valence-electron chi connectivity index (χ2n) is 6.80. The van der Waals surface area contributed by atoms with Gasteiger partial charge in [-0.15, -0.1) is 0 Å². The third-order valence-electron chi connectivity index (χ3n) is 4.93. The summed E-state index contributed by atoms with van der Waals surface area (Å²) >= 11 is 0. The molecule has 1 heterocycles. The topological polar surface area (TPSA) is 29.5 Å². The van der Waals surface area contributed by atoms with Gasteiger partial charge in [-0.2, -0.15) is 0 Å². The van der Waals surface area contributed by atoms with Crippen molar-refractivity contribution in [2.45, 2.75) is 77.6 Å². The molecule has 1 aromatic carbocycles. The maximum Gasteiger partial charge on any atom is 0.127 e. The number of benzene rings is 1. The van der Waals surface area contributed by atoms with E-state index in [4.69, 9.17) is 15.7 Å². The van der Waals surface area contributed by atoms with Gasteiger partial charge >= 0.3 is 0 Å². The minimum atomic E-state index is -2.98. The lowest BCUT2D eigenvalue weighted by Gasteiger charge is -2.46. The highest BCUT2D eigenvalue weighted by Gasteiger charge is 2.45. The van der Waals surface area contributed by atoms with Crippen molar-refractivity contribution in [1.82, 2.24) is 0 Å². The van der Waals surface area contributed by atoms with Crippen molar-refractivity contribution in [3.63, 3.8) is 0 Å². The predicted octanol–water partition coefficient (Wildman–Crippen LogP) is 5.74. The second-order valence-corrected chi connectivity index (χ2v) is 6.80. The molecule has 23 heavy (non-hydrogen) atoms. The molecule has 0 bridgehead atoms. The Bertz CT molecular complexity index is 871. The Morgan fingerprint density at radius 3 is 2.96 bits per heavy atom. The van der Waals surface area contributed by atoms with Crippen molar-refractivity contribution >= 4 is 0 Å². The SMILES string of the molecule is [2H]c1c(O)c2c(c([2H])c1CCCCC)OC(C([2H])([2H])[2H])(C([2H])([2H])[2H])[C@@H]1CCC(C)=C[C@@H]21. The molecule has 0 aromatic heterocycles. The number of phenolic OH excluding ortho intramolecular Hbond substituents is 1. The Morgan fingerprint density at radius 2 is 2.22 bits per heavy atom. The number of phenols is 1.